The Labute approximate surface area is 198 Å². The first-order chi connectivity index (χ1) is 16.6. The van der Waals surface area contributed by atoms with Gasteiger partial charge in [0, 0.05) is 37.7 Å². The topological polar surface area (TPSA) is 92.6 Å². The monoisotopic (exact) mass is 465 g/mol. The quantitative estimate of drug-likeness (QED) is 0.706. The molecule has 8 heteroatoms. The van der Waals surface area contributed by atoms with E-state index in [4.69, 9.17) is 14.2 Å². The van der Waals surface area contributed by atoms with Crippen LogP contribution in [0.4, 0.5) is 4.39 Å². The van der Waals surface area contributed by atoms with Crippen molar-refractivity contribution in [2.24, 2.45) is 0 Å². The van der Waals surface area contributed by atoms with Gasteiger partial charge in [0.2, 0.25) is 0 Å². The van der Waals surface area contributed by atoms with Crippen LogP contribution in [-0.2, 0) is 27.3 Å². The van der Waals surface area contributed by atoms with Crippen LogP contribution < -0.4 is 15.4 Å². The lowest BCUT2D eigenvalue weighted by molar-refractivity contribution is -0.132. The van der Waals surface area contributed by atoms with Gasteiger partial charge in [0.05, 0.1) is 12.7 Å². The number of carbonyl (C=O) groups excluding carboxylic acids is 1. The average Bonchev–Trinajstić information content (AvgIpc) is 3.25. The summed E-state index contributed by atoms with van der Waals surface area (Å²) < 4.78 is 32.2. The van der Waals surface area contributed by atoms with Crippen molar-refractivity contribution >= 4 is 5.91 Å². The van der Waals surface area contributed by atoms with E-state index >= 15 is 4.39 Å². The molecule has 0 spiro atoms. The Morgan fingerprint density at radius 1 is 1.26 bits per heavy atom. The summed E-state index contributed by atoms with van der Waals surface area (Å²) >= 11 is 0. The summed E-state index contributed by atoms with van der Waals surface area (Å²) in [6.45, 7) is 3.53. The zero-order valence-electron chi connectivity index (χ0n) is 18.9. The summed E-state index contributed by atoms with van der Waals surface area (Å²) in [6, 6.07) is 10.6. The highest BCUT2D eigenvalue weighted by Crippen LogP contribution is 2.41. The van der Waals surface area contributed by atoms with Crippen molar-refractivity contribution in [3.63, 3.8) is 0 Å². The fraction of sp³-hybridized carbons (Fsp3) is 0.462. The van der Waals surface area contributed by atoms with Crippen molar-refractivity contribution in [2.45, 2.75) is 43.9 Å². The second kappa shape index (κ2) is 10.1. The molecule has 0 radical (unpaired) electrons. The Balaban J connectivity index is 1.34. The molecular formula is C26H28FN3O4. The van der Waals surface area contributed by atoms with Gasteiger partial charge in [-0.15, -0.1) is 0 Å². The molecule has 34 heavy (non-hydrogen) atoms. The van der Waals surface area contributed by atoms with E-state index in [1.165, 1.54) is 11.6 Å². The molecule has 7 nitrogen and oxygen atoms in total. The van der Waals surface area contributed by atoms with Gasteiger partial charge in [-0.05, 0) is 53.8 Å². The molecule has 3 heterocycles. The van der Waals surface area contributed by atoms with Crippen LogP contribution in [0, 0.1) is 17.1 Å². The van der Waals surface area contributed by atoms with Crippen LogP contribution >= 0.6 is 0 Å². The van der Waals surface area contributed by atoms with Crippen LogP contribution in [0.5, 0.6) is 5.75 Å². The molecule has 0 aliphatic carbocycles. The molecule has 5 rings (SSSR count). The lowest BCUT2D eigenvalue weighted by Crippen LogP contribution is -2.46. The predicted molar refractivity (Wildman–Crippen MR) is 123 cm³/mol. The largest absolute Gasteiger partial charge is 0.488 e. The maximum Gasteiger partial charge on any atom is 0.251 e. The molecule has 2 saturated heterocycles. The van der Waals surface area contributed by atoms with Crippen LogP contribution in [0.3, 0.4) is 0 Å². The Morgan fingerprint density at radius 3 is 3.00 bits per heavy atom. The number of halogens is 1. The fourth-order valence-electron chi connectivity index (χ4n) is 4.76. The van der Waals surface area contributed by atoms with E-state index in [2.05, 4.69) is 28.8 Å². The minimum atomic E-state index is -0.878. The van der Waals surface area contributed by atoms with Crippen LogP contribution in [0.15, 0.2) is 30.3 Å². The minimum absolute atomic E-state index is 0.0389. The second-order valence-corrected chi connectivity index (χ2v) is 9.02. The van der Waals surface area contributed by atoms with Crippen LogP contribution in [0.25, 0.3) is 11.1 Å². The second-order valence-electron chi connectivity index (χ2n) is 9.02. The maximum absolute atomic E-state index is 15.2. The van der Waals surface area contributed by atoms with E-state index in [-0.39, 0.29) is 12.3 Å². The van der Waals surface area contributed by atoms with Gasteiger partial charge in [0.15, 0.2) is 0 Å². The molecule has 3 atom stereocenters. The number of fused-ring (bicyclic) bond motifs is 3. The fourth-order valence-corrected chi connectivity index (χ4v) is 4.76. The maximum atomic E-state index is 15.2. The van der Waals surface area contributed by atoms with Crippen molar-refractivity contribution in [2.75, 3.05) is 32.9 Å². The Kier molecular flexibility index (Phi) is 6.77. The van der Waals surface area contributed by atoms with Crippen molar-refractivity contribution < 1.29 is 23.4 Å². The highest BCUT2D eigenvalue weighted by molar-refractivity contribution is 5.82. The molecule has 3 aliphatic rings. The van der Waals surface area contributed by atoms with Crippen LogP contribution in [0.1, 0.15) is 35.4 Å². The first kappa shape index (κ1) is 22.8. The molecule has 2 N–H and O–H groups in total. The number of rotatable bonds is 5. The summed E-state index contributed by atoms with van der Waals surface area (Å²) in [5.41, 5.74) is 4.21. The highest BCUT2D eigenvalue weighted by Gasteiger charge is 2.26. The first-order valence-corrected chi connectivity index (χ1v) is 11.8. The van der Waals surface area contributed by atoms with E-state index in [9.17, 15) is 10.1 Å². The van der Waals surface area contributed by atoms with Gasteiger partial charge >= 0.3 is 0 Å². The normalized spacial score (nSPS) is 22.5. The molecule has 0 bridgehead atoms. The van der Waals surface area contributed by atoms with Gasteiger partial charge in [-0.25, -0.2) is 4.39 Å². The van der Waals surface area contributed by atoms with Crippen LogP contribution in [-0.4, -0.2) is 51.0 Å². The summed E-state index contributed by atoms with van der Waals surface area (Å²) in [5, 5.41) is 15.4. The number of hydrogen-bond acceptors (Lipinski definition) is 6. The predicted octanol–water partition coefficient (Wildman–Crippen LogP) is 2.82. The zero-order valence-corrected chi connectivity index (χ0v) is 18.9. The molecule has 0 aromatic heterocycles. The van der Waals surface area contributed by atoms with Crippen molar-refractivity contribution in [1.29, 1.82) is 5.26 Å². The van der Waals surface area contributed by atoms with Gasteiger partial charge in [-0.3, -0.25) is 4.79 Å². The molecule has 1 amide bonds. The van der Waals surface area contributed by atoms with Gasteiger partial charge in [0.25, 0.3) is 5.91 Å². The smallest absolute Gasteiger partial charge is 0.251 e. The Morgan fingerprint density at radius 2 is 2.18 bits per heavy atom. The minimum Gasteiger partial charge on any atom is -0.488 e. The SMILES string of the molecule is N#CC(Cc1cc2c(cc1F)-c1cc(C3CCOC3)ccc1CO2)NC(=O)C1CNCCCO1. The molecule has 3 unspecified atom stereocenters. The molecule has 2 aromatic carbocycles. The van der Waals surface area contributed by atoms with E-state index in [1.807, 2.05) is 6.07 Å². The summed E-state index contributed by atoms with van der Waals surface area (Å²) in [7, 11) is 0. The molecule has 0 saturated carbocycles. The van der Waals surface area contributed by atoms with Gasteiger partial charge in [-0.1, -0.05) is 18.2 Å². The highest BCUT2D eigenvalue weighted by atomic mass is 19.1. The number of benzene rings is 2. The summed E-state index contributed by atoms with van der Waals surface area (Å²) in [4.78, 5) is 12.6. The molecule has 2 fully saturated rings. The van der Waals surface area contributed by atoms with Crippen LogP contribution in [0.2, 0.25) is 0 Å². The standard InChI is InChI=1S/C26H28FN3O4/c27-23-11-22-21-9-16(17-4-7-32-14-17)2-3-18(21)15-34-24(22)10-19(23)8-20(12-28)30-26(31)25-13-29-5-1-6-33-25/h2-3,9-11,17,20,25,29H,1,4-8,13-15H2,(H,30,31). The van der Waals surface area contributed by atoms with Crippen molar-refractivity contribution in [1.82, 2.24) is 10.6 Å². The number of nitrogens with one attached hydrogen (secondary N) is 2. The van der Waals surface area contributed by atoms with Gasteiger partial charge in [-0.2, -0.15) is 5.26 Å². The lowest BCUT2D eigenvalue weighted by Gasteiger charge is -2.24. The molecule has 3 aliphatic heterocycles. The zero-order chi connectivity index (χ0) is 23.5. The molecule has 178 valence electrons. The molecular weight excluding hydrogens is 437 g/mol. The van der Waals surface area contributed by atoms with E-state index in [1.54, 1.807) is 6.07 Å². The summed E-state index contributed by atoms with van der Waals surface area (Å²) in [5.74, 6) is 0.149. The number of ether oxygens (including phenoxy) is 3. The van der Waals surface area contributed by atoms with E-state index in [0.29, 0.717) is 49.2 Å². The van der Waals surface area contributed by atoms with Gasteiger partial charge < -0.3 is 24.8 Å². The number of hydrogen-bond donors (Lipinski definition) is 2. The Bertz CT molecular complexity index is 1100. The number of nitriles is 1. The molecule has 2 aromatic rings. The summed E-state index contributed by atoms with van der Waals surface area (Å²) in [6.07, 6.45) is 1.19. The number of amides is 1. The van der Waals surface area contributed by atoms with Crippen molar-refractivity contribution in [3.8, 4) is 22.9 Å². The Hall–Kier alpha value is -2.99. The first-order valence-electron chi connectivity index (χ1n) is 11.8. The third-order valence-electron chi connectivity index (χ3n) is 6.69. The van der Waals surface area contributed by atoms with E-state index in [0.717, 1.165) is 37.1 Å². The third-order valence-corrected chi connectivity index (χ3v) is 6.69. The van der Waals surface area contributed by atoms with E-state index < -0.39 is 18.0 Å². The third kappa shape index (κ3) is 4.78. The van der Waals surface area contributed by atoms with Gasteiger partial charge in [0.1, 0.15) is 30.3 Å². The average molecular weight is 466 g/mol. The van der Waals surface area contributed by atoms with Crippen molar-refractivity contribution in [3.05, 3.63) is 52.8 Å². The number of nitrogens with zero attached hydrogens (tertiary/aromatic N) is 1. The lowest BCUT2D eigenvalue weighted by atomic mass is 9.89. The number of carbonyl (C=O) groups is 1.